The average Bonchev–Trinajstić information content (AvgIpc) is 2.96. The molecule has 0 aliphatic heterocycles. The van der Waals surface area contributed by atoms with E-state index in [2.05, 4.69) is 15.9 Å². The fraction of sp³-hybridized carbons (Fsp3) is 0. The number of ketones is 1. The van der Waals surface area contributed by atoms with Crippen LogP contribution in [0.15, 0.2) is 45.3 Å². The summed E-state index contributed by atoms with van der Waals surface area (Å²) in [6.45, 7) is 0. The molecule has 0 spiro atoms. The van der Waals surface area contributed by atoms with Crippen molar-refractivity contribution in [3.63, 3.8) is 0 Å². The Labute approximate surface area is 131 Å². The number of nitro groups is 2. The molecule has 0 radical (unpaired) electrons. The molecule has 8 nitrogen and oxygen atoms in total. The van der Waals surface area contributed by atoms with Crippen LogP contribution in [0.1, 0.15) is 16.1 Å². The quantitative estimate of drug-likeness (QED) is 0.344. The van der Waals surface area contributed by atoms with E-state index in [1.165, 1.54) is 24.3 Å². The summed E-state index contributed by atoms with van der Waals surface area (Å²) in [7, 11) is 0. The van der Waals surface area contributed by atoms with Gasteiger partial charge in [0.1, 0.15) is 4.92 Å². The van der Waals surface area contributed by atoms with Gasteiger partial charge in [0, 0.05) is 6.07 Å². The van der Waals surface area contributed by atoms with Gasteiger partial charge in [-0.3, -0.25) is 25.0 Å². The molecule has 0 N–H and O–H groups in total. The van der Waals surface area contributed by atoms with E-state index in [4.69, 9.17) is 4.42 Å². The van der Waals surface area contributed by atoms with E-state index in [0.717, 1.165) is 12.1 Å². The van der Waals surface area contributed by atoms with E-state index in [1.807, 2.05) is 0 Å². The van der Waals surface area contributed by atoms with E-state index < -0.39 is 21.5 Å². The molecule has 0 amide bonds. The topological polar surface area (TPSA) is 116 Å². The third-order valence-corrected chi connectivity index (χ3v) is 3.22. The number of halogens is 1. The van der Waals surface area contributed by atoms with Gasteiger partial charge in [-0.1, -0.05) is 12.1 Å². The Kier molecular flexibility index (Phi) is 4.47. The number of furan rings is 1. The van der Waals surface area contributed by atoms with Crippen LogP contribution < -0.4 is 0 Å². The SMILES string of the molecule is O=C(C(Br)=Cc1ccccc1[N+](=O)[O-])c1ccc([N+](=O)[O-])o1. The molecule has 9 heteroatoms. The van der Waals surface area contributed by atoms with Crippen molar-refractivity contribution in [3.05, 3.63) is 72.4 Å². The van der Waals surface area contributed by atoms with Crippen LogP contribution >= 0.6 is 15.9 Å². The zero-order chi connectivity index (χ0) is 16.3. The number of benzene rings is 1. The third-order valence-electron chi connectivity index (χ3n) is 2.63. The van der Waals surface area contributed by atoms with Gasteiger partial charge in [0.25, 0.3) is 5.69 Å². The minimum Gasteiger partial charge on any atom is -0.397 e. The summed E-state index contributed by atoms with van der Waals surface area (Å²) in [4.78, 5) is 32.1. The van der Waals surface area contributed by atoms with Gasteiger partial charge in [-0.05, 0) is 34.1 Å². The average molecular weight is 367 g/mol. The van der Waals surface area contributed by atoms with Crippen molar-refractivity contribution in [1.82, 2.24) is 0 Å². The van der Waals surface area contributed by atoms with Crippen molar-refractivity contribution >= 4 is 39.4 Å². The van der Waals surface area contributed by atoms with Crippen LogP contribution in [0.4, 0.5) is 11.6 Å². The van der Waals surface area contributed by atoms with Crippen molar-refractivity contribution in [2.45, 2.75) is 0 Å². The van der Waals surface area contributed by atoms with E-state index in [1.54, 1.807) is 6.07 Å². The Morgan fingerprint density at radius 2 is 1.77 bits per heavy atom. The molecule has 0 bridgehead atoms. The van der Waals surface area contributed by atoms with Crippen molar-refractivity contribution in [3.8, 4) is 0 Å². The third kappa shape index (κ3) is 3.26. The molecule has 0 saturated carbocycles. The lowest BCUT2D eigenvalue weighted by molar-refractivity contribution is -0.402. The van der Waals surface area contributed by atoms with Crippen LogP contribution in [-0.4, -0.2) is 15.6 Å². The lowest BCUT2D eigenvalue weighted by Gasteiger charge is -1.98. The maximum absolute atomic E-state index is 12.1. The highest BCUT2D eigenvalue weighted by Crippen LogP contribution is 2.26. The van der Waals surface area contributed by atoms with E-state index >= 15 is 0 Å². The second-order valence-electron chi connectivity index (χ2n) is 4.03. The molecular formula is C13H7BrN2O6. The largest absolute Gasteiger partial charge is 0.433 e. The monoisotopic (exact) mass is 366 g/mol. The van der Waals surface area contributed by atoms with Crippen molar-refractivity contribution in [2.75, 3.05) is 0 Å². The smallest absolute Gasteiger partial charge is 0.397 e. The number of hydrogen-bond acceptors (Lipinski definition) is 6. The Morgan fingerprint density at radius 1 is 1.09 bits per heavy atom. The summed E-state index contributed by atoms with van der Waals surface area (Å²) in [5.74, 6) is -1.46. The minimum atomic E-state index is -0.767. The molecule has 1 heterocycles. The molecule has 22 heavy (non-hydrogen) atoms. The first-order chi connectivity index (χ1) is 10.4. The normalized spacial score (nSPS) is 11.2. The van der Waals surface area contributed by atoms with E-state index in [9.17, 15) is 25.0 Å². The Hall–Kier alpha value is -2.81. The van der Waals surface area contributed by atoms with Crippen LogP contribution in [0, 0.1) is 20.2 Å². The van der Waals surface area contributed by atoms with Crippen LogP contribution in [0.2, 0.25) is 0 Å². The van der Waals surface area contributed by atoms with Crippen LogP contribution in [0.5, 0.6) is 0 Å². The van der Waals surface area contributed by atoms with Gasteiger partial charge in [0.15, 0.2) is 5.76 Å². The predicted molar refractivity (Wildman–Crippen MR) is 79.7 cm³/mol. The molecule has 0 aliphatic carbocycles. The number of carbonyl (C=O) groups is 1. The maximum atomic E-state index is 12.1. The minimum absolute atomic E-state index is 0.0222. The Morgan fingerprint density at radius 3 is 2.36 bits per heavy atom. The predicted octanol–water partition coefficient (Wildman–Crippen LogP) is 3.71. The molecule has 1 aromatic carbocycles. The fourth-order valence-electron chi connectivity index (χ4n) is 1.64. The van der Waals surface area contributed by atoms with E-state index in [0.29, 0.717) is 0 Å². The highest BCUT2D eigenvalue weighted by atomic mass is 79.9. The summed E-state index contributed by atoms with van der Waals surface area (Å²) in [5.41, 5.74) is 0.0476. The number of rotatable bonds is 5. The first kappa shape index (κ1) is 15.6. The van der Waals surface area contributed by atoms with Gasteiger partial charge in [0.05, 0.1) is 21.0 Å². The summed E-state index contributed by atoms with van der Waals surface area (Å²) in [5, 5.41) is 21.4. The molecule has 0 aliphatic rings. The molecule has 2 rings (SSSR count). The second-order valence-corrected chi connectivity index (χ2v) is 4.89. The summed E-state index contributed by atoms with van der Waals surface area (Å²) in [6, 6.07) is 8.07. The number of carbonyl (C=O) groups excluding carboxylic acids is 1. The number of Topliss-reactive ketones (excluding diaryl/α,β-unsaturated/α-hetero) is 1. The molecular weight excluding hydrogens is 360 g/mol. The van der Waals surface area contributed by atoms with Gasteiger partial charge < -0.3 is 4.42 Å². The van der Waals surface area contributed by atoms with Gasteiger partial charge in [-0.2, -0.15) is 0 Å². The molecule has 1 aromatic heterocycles. The van der Waals surface area contributed by atoms with Gasteiger partial charge in [-0.15, -0.1) is 0 Å². The van der Waals surface area contributed by atoms with Crippen LogP contribution in [0.25, 0.3) is 6.08 Å². The number of allylic oxidation sites excluding steroid dienone is 1. The first-order valence-electron chi connectivity index (χ1n) is 5.79. The fourth-order valence-corrected chi connectivity index (χ4v) is 2.09. The molecule has 0 saturated heterocycles. The summed E-state index contributed by atoms with van der Waals surface area (Å²) < 4.78 is 4.77. The molecule has 0 atom stereocenters. The molecule has 112 valence electrons. The Bertz CT molecular complexity index is 795. The highest BCUT2D eigenvalue weighted by molar-refractivity contribution is 9.12. The van der Waals surface area contributed by atoms with Crippen molar-refractivity contribution < 1.29 is 19.1 Å². The number of nitro benzene ring substituents is 1. The number of nitrogens with zero attached hydrogens (tertiary/aromatic N) is 2. The Balaban J connectivity index is 2.34. The summed E-state index contributed by atoms with van der Waals surface area (Å²) in [6.07, 6.45) is 1.26. The lowest BCUT2D eigenvalue weighted by Crippen LogP contribution is -1.97. The zero-order valence-corrected chi connectivity index (χ0v) is 12.3. The van der Waals surface area contributed by atoms with Gasteiger partial charge in [0.2, 0.25) is 5.78 Å². The second kappa shape index (κ2) is 6.31. The molecule has 2 aromatic rings. The van der Waals surface area contributed by atoms with Crippen molar-refractivity contribution in [1.29, 1.82) is 0 Å². The highest BCUT2D eigenvalue weighted by Gasteiger charge is 2.20. The van der Waals surface area contributed by atoms with Crippen LogP contribution in [0.3, 0.4) is 0 Å². The van der Waals surface area contributed by atoms with Crippen LogP contribution in [-0.2, 0) is 0 Å². The van der Waals surface area contributed by atoms with Gasteiger partial charge >= 0.3 is 5.88 Å². The lowest BCUT2D eigenvalue weighted by atomic mass is 10.1. The van der Waals surface area contributed by atoms with Gasteiger partial charge in [-0.25, -0.2) is 0 Å². The summed E-state index contributed by atoms with van der Waals surface area (Å²) >= 11 is 3.01. The maximum Gasteiger partial charge on any atom is 0.433 e. The number of para-hydroxylation sites is 1. The van der Waals surface area contributed by atoms with Crippen molar-refractivity contribution in [2.24, 2.45) is 0 Å². The first-order valence-corrected chi connectivity index (χ1v) is 6.59. The zero-order valence-electron chi connectivity index (χ0n) is 10.8. The van der Waals surface area contributed by atoms with E-state index in [-0.39, 0.29) is 21.5 Å². The molecule has 0 unspecified atom stereocenters. The molecule has 0 fully saturated rings. The standard InChI is InChI=1S/C13H7BrN2O6/c14-9(7-8-3-1-2-4-10(8)15(18)19)13(17)11-5-6-12(22-11)16(20)21/h1-7H. The number of hydrogen-bond donors (Lipinski definition) is 0.